The third-order valence-electron chi connectivity index (χ3n) is 3.15. The summed E-state index contributed by atoms with van der Waals surface area (Å²) in [5.74, 6) is -1.41. The number of hydrogen-bond donors (Lipinski definition) is 2. The van der Waals surface area contributed by atoms with Crippen LogP contribution in [0.5, 0.6) is 5.75 Å². The predicted molar refractivity (Wildman–Crippen MR) is 79.5 cm³/mol. The Morgan fingerprint density at radius 1 is 1.18 bits per heavy atom. The van der Waals surface area contributed by atoms with Crippen LogP contribution in [0, 0.1) is 13.8 Å². The molecule has 1 aromatic rings. The molecule has 0 spiro atoms. The molecule has 0 unspecified atom stereocenters. The highest BCUT2D eigenvalue weighted by molar-refractivity contribution is 7.89. The van der Waals surface area contributed by atoms with Gasteiger partial charge in [0.15, 0.2) is 0 Å². The summed E-state index contributed by atoms with van der Waals surface area (Å²) in [5.41, 5.74) is 1.66. The molecule has 0 saturated heterocycles. The van der Waals surface area contributed by atoms with E-state index in [1.54, 1.807) is 13.0 Å². The number of aryl methyl sites for hydroxylation is 2. The fraction of sp³-hybridized carbons (Fsp3) is 0.429. The number of aliphatic carboxylic acids is 1. The van der Waals surface area contributed by atoms with Gasteiger partial charge in [-0.3, -0.25) is 9.59 Å². The standard InChI is InChI=1S/C14H19NO6S/c1-9-6-12(21-3)13(7-10(9)2)22(19,20)15-8-11(16)4-5-14(17)18/h6-7,15H,4-5,8H2,1-3H3,(H,17,18). The number of carboxylic acid groups (broad SMARTS) is 1. The van der Waals surface area contributed by atoms with Crippen LogP contribution < -0.4 is 9.46 Å². The molecule has 7 nitrogen and oxygen atoms in total. The van der Waals surface area contributed by atoms with E-state index in [4.69, 9.17) is 9.84 Å². The Kier molecular flexibility index (Phi) is 6.07. The summed E-state index contributed by atoms with van der Waals surface area (Å²) in [6, 6.07) is 3.08. The molecule has 0 heterocycles. The molecule has 22 heavy (non-hydrogen) atoms. The van der Waals surface area contributed by atoms with E-state index >= 15 is 0 Å². The number of carbonyl (C=O) groups is 2. The summed E-state index contributed by atoms with van der Waals surface area (Å²) in [6.07, 6.45) is -0.546. The summed E-state index contributed by atoms with van der Waals surface area (Å²) in [4.78, 5) is 21.8. The highest BCUT2D eigenvalue weighted by Crippen LogP contribution is 2.27. The normalized spacial score (nSPS) is 11.2. The quantitative estimate of drug-likeness (QED) is 0.737. The van der Waals surface area contributed by atoms with E-state index in [1.165, 1.54) is 13.2 Å². The molecule has 0 amide bonds. The molecule has 0 aromatic heterocycles. The van der Waals surface area contributed by atoms with Gasteiger partial charge in [0.25, 0.3) is 0 Å². The van der Waals surface area contributed by atoms with Gasteiger partial charge in [-0.2, -0.15) is 0 Å². The maximum atomic E-state index is 12.3. The minimum absolute atomic E-state index is 0.0517. The molecular formula is C14H19NO6S. The number of methoxy groups -OCH3 is 1. The molecule has 0 fully saturated rings. The predicted octanol–water partition coefficient (Wildman–Crippen LogP) is 1.02. The number of carboxylic acids is 1. The first-order valence-corrected chi connectivity index (χ1v) is 8.04. The zero-order valence-corrected chi connectivity index (χ0v) is 13.5. The van der Waals surface area contributed by atoms with Crippen LogP contribution in [0.2, 0.25) is 0 Å². The highest BCUT2D eigenvalue weighted by Gasteiger charge is 2.21. The number of nitrogens with one attached hydrogen (secondary N) is 1. The second-order valence-electron chi connectivity index (χ2n) is 4.84. The van der Waals surface area contributed by atoms with Crippen molar-refractivity contribution >= 4 is 21.8 Å². The topological polar surface area (TPSA) is 110 Å². The minimum Gasteiger partial charge on any atom is -0.495 e. The van der Waals surface area contributed by atoms with Gasteiger partial charge in [-0.05, 0) is 37.1 Å². The van der Waals surface area contributed by atoms with Crippen molar-refractivity contribution in [3.8, 4) is 5.75 Å². The summed E-state index contributed by atoms with van der Waals surface area (Å²) in [5, 5.41) is 8.49. The molecule has 0 saturated carbocycles. The van der Waals surface area contributed by atoms with E-state index in [0.717, 1.165) is 11.1 Å². The molecule has 0 aliphatic carbocycles. The third-order valence-corrected chi connectivity index (χ3v) is 4.57. The zero-order valence-electron chi connectivity index (χ0n) is 12.7. The maximum absolute atomic E-state index is 12.3. The summed E-state index contributed by atoms with van der Waals surface area (Å²) in [7, 11) is -2.56. The van der Waals surface area contributed by atoms with Gasteiger partial charge in [-0.15, -0.1) is 0 Å². The molecule has 122 valence electrons. The van der Waals surface area contributed by atoms with E-state index in [0.29, 0.717) is 0 Å². The van der Waals surface area contributed by atoms with E-state index in [-0.39, 0.29) is 23.5 Å². The van der Waals surface area contributed by atoms with Crippen LogP contribution in [0.4, 0.5) is 0 Å². The van der Waals surface area contributed by atoms with Crippen molar-refractivity contribution in [1.82, 2.24) is 4.72 Å². The van der Waals surface area contributed by atoms with Crippen molar-refractivity contribution < 1.29 is 27.9 Å². The van der Waals surface area contributed by atoms with Crippen molar-refractivity contribution in [3.63, 3.8) is 0 Å². The van der Waals surface area contributed by atoms with Gasteiger partial charge < -0.3 is 9.84 Å². The second-order valence-corrected chi connectivity index (χ2v) is 6.58. The fourth-order valence-corrected chi connectivity index (χ4v) is 2.97. The highest BCUT2D eigenvalue weighted by atomic mass is 32.2. The SMILES string of the molecule is COc1cc(C)c(C)cc1S(=O)(=O)NCC(=O)CCC(=O)O. The molecule has 8 heteroatoms. The van der Waals surface area contributed by atoms with Gasteiger partial charge in [-0.25, -0.2) is 13.1 Å². The molecule has 1 rings (SSSR count). The molecule has 0 atom stereocenters. The Labute approximate surface area is 129 Å². The Bertz CT molecular complexity index is 681. The van der Waals surface area contributed by atoms with Crippen LogP contribution in [0.3, 0.4) is 0 Å². The first-order chi connectivity index (χ1) is 10.2. The lowest BCUT2D eigenvalue weighted by Gasteiger charge is -2.13. The molecule has 2 N–H and O–H groups in total. The van der Waals surface area contributed by atoms with Crippen molar-refractivity contribution in [2.24, 2.45) is 0 Å². The Hall–Kier alpha value is -1.93. The van der Waals surface area contributed by atoms with E-state index in [2.05, 4.69) is 4.72 Å². The van der Waals surface area contributed by atoms with E-state index < -0.39 is 28.3 Å². The number of hydrogen-bond acceptors (Lipinski definition) is 5. The summed E-state index contributed by atoms with van der Waals surface area (Å²) >= 11 is 0. The van der Waals surface area contributed by atoms with E-state index in [9.17, 15) is 18.0 Å². The number of carbonyl (C=O) groups excluding carboxylic acids is 1. The summed E-state index contributed by atoms with van der Waals surface area (Å²) in [6.45, 7) is 3.15. The van der Waals surface area contributed by atoms with Crippen LogP contribution in [0.25, 0.3) is 0 Å². The minimum atomic E-state index is -3.92. The third kappa shape index (κ3) is 4.81. The number of ketones is 1. The van der Waals surface area contributed by atoms with Gasteiger partial charge in [0, 0.05) is 6.42 Å². The van der Waals surface area contributed by atoms with Gasteiger partial charge in [-0.1, -0.05) is 0 Å². The van der Waals surface area contributed by atoms with Gasteiger partial charge in [0.05, 0.1) is 20.1 Å². The summed E-state index contributed by atoms with van der Waals surface area (Å²) < 4.78 is 31.8. The Morgan fingerprint density at radius 3 is 2.32 bits per heavy atom. The van der Waals surface area contributed by atoms with Crippen molar-refractivity contribution in [2.75, 3.05) is 13.7 Å². The van der Waals surface area contributed by atoms with Crippen LogP contribution in [0.1, 0.15) is 24.0 Å². The molecule has 0 radical (unpaired) electrons. The smallest absolute Gasteiger partial charge is 0.303 e. The number of rotatable bonds is 8. The van der Waals surface area contributed by atoms with Gasteiger partial charge in [0.2, 0.25) is 10.0 Å². The molecule has 1 aromatic carbocycles. The van der Waals surface area contributed by atoms with Crippen molar-refractivity contribution in [2.45, 2.75) is 31.6 Å². The fourth-order valence-electron chi connectivity index (χ4n) is 1.72. The molecule has 0 aliphatic rings. The first-order valence-electron chi connectivity index (χ1n) is 6.55. The lowest BCUT2D eigenvalue weighted by Crippen LogP contribution is -2.30. The first kappa shape index (κ1) is 18.1. The maximum Gasteiger partial charge on any atom is 0.303 e. The van der Waals surface area contributed by atoms with Gasteiger partial charge >= 0.3 is 5.97 Å². The number of ether oxygens (including phenoxy) is 1. The van der Waals surface area contributed by atoms with Crippen LogP contribution >= 0.6 is 0 Å². The monoisotopic (exact) mass is 329 g/mol. The molecule has 0 aliphatic heterocycles. The molecule has 0 bridgehead atoms. The average Bonchev–Trinajstić information content (AvgIpc) is 2.45. The lowest BCUT2D eigenvalue weighted by atomic mass is 10.1. The number of benzene rings is 1. The second kappa shape index (κ2) is 7.37. The lowest BCUT2D eigenvalue weighted by molar-refractivity contribution is -0.138. The van der Waals surface area contributed by atoms with Crippen LogP contribution in [0.15, 0.2) is 17.0 Å². The largest absolute Gasteiger partial charge is 0.495 e. The Balaban J connectivity index is 2.89. The van der Waals surface area contributed by atoms with Gasteiger partial charge in [0.1, 0.15) is 16.4 Å². The average molecular weight is 329 g/mol. The Morgan fingerprint density at radius 2 is 1.77 bits per heavy atom. The van der Waals surface area contributed by atoms with Crippen LogP contribution in [-0.2, 0) is 19.6 Å². The zero-order chi connectivity index (χ0) is 16.9. The molecular weight excluding hydrogens is 310 g/mol. The van der Waals surface area contributed by atoms with Crippen LogP contribution in [-0.4, -0.2) is 38.9 Å². The van der Waals surface area contributed by atoms with E-state index in [1.807, 2.05) is 6.92 Å². The van der Waals surface area contributed by atoms with Crippen molar-refractivity contribution in [1.29, 1.82) is 0 Å². The number of sulfonamides is 1. The number of Topliss-reactive ketones (excluding diaryl/α,β-unsaturated/α-hetero) is 1. The van der Waals surface area contributed by atoms with Crippen molar-refractivity contribution in [3.05, 3.63) is 23.3 Å².